The lowest BCUT2D eigenvalue weighted by Crippen LogP contribution is -2.12. The quantitative estimate of drug-likeness (QED) is 0.733. The topological polar surface area (TPSA) is 98.2 Å². The highest BCUT2D eigenvalue weighted by Gasteiger charge is 2.11. The van der Waals surface area contributed by atoms with Crippen LogP contribution in [0.4, 0.5) is 21.5 Å². The normalized spacial score (nSPS) is 11.3. The van der Waals surface area contributed by atoms with Crippen molar-refractivity contribution in [1.82, 2.24) is 0 Å². The Bertz CT molecular complexity index is 765. The molecule has 0 atom stereocenters. The molecule has 2 aromatic carbocycles. The van der Waals surface area contributed by atoms with Gasteiger partial charge in [0.25, 0.3) is 0 Å². The minimum absolute atomic E-state index is 0.105. The van der Waals surface area contributed by atoms with Crippen LogP contribution in [0.1, 0.15) is 0 Å². The van der Waals surface area contributed by atoms with Gasteiger partial charge >= 0.3 is 0 Å². The number of nitrogens with one attached hydrogen (secondary N) is 1. The molecule has 0 aliphatic rings. The summed E-state index contributed by atoms with van der Waals surface area (Å²) in [7, 11) is -3.85. The first-order valence-corrected chi connectivity index (χ1v) is 7.76. The summed E-state index contributed by atoms with van der Waals surface area (Å²) in [4.78, 5) is -0.105. The number of benzene rings is 2. The van der Waals surface area contributed by atoms with E-state index in [9.17, 15) is 12.8 Å². The Morgan fingerprint density at radius 3 is 2.40 bits per heavy atom. The fourth-order valence-corrected chi connectivity index (χ4v) is 2.43. The molecular weight excluding hydrogens is 349 g/mol. The summed E-state index contributed by atoms with van der Waals surface area (Å²) in [6.45, 7) is 0. The molecule has 0 spiro atoms. The van der Waals surface area contributed by atoms with E-state index in [4.69, 9.17) is 10.9 Å². The fraction of sp³-hybridized carbons (Fsp3) is 0. The molecule has 5 N–H and O–H groups in total. The summed E-state index contributed by atoms with van der Waals surface area (Å²) in [5.74, 6) is -0.500. The lowest BCUT2D eigenvalue weighted by molar-refractivity contribution is 0.598. The molecule has 106 valence electrons. The molecule has 0 unspecified atom stereocenters. The summed E-state index contributed by atoms with van der Waals surface area (Å²) in [5.41, 5.74) is 6.44. The molecule has 2 rings (SSSR count). The molecule has 0 saturated heterocycles. The Hall–Kier alpha value is -1.64. The van der Waals surface area contributed by atoms with Gasteiger partial charge in [0, 0.05) is 4.47 Å². The van der Waals surface area contributed by atoms with E-state index in [1.807, 2.05) is 0 Å². The number of nitrogen functional groups attached to an aromatic ring is 1. The third-order valence-corrected chi connectivity index (χ3v) is 3.96. The van der Waals surface area contributed by atoms with E-state index in [1.165, 1.54) is 30.3 Å². The number of nitrogens with two attached hydrogens (primary N) is 2. The highest BCUT2D eigenvalue weighted by atomic mass is 79.9. The Kier molecular flexibility index (Phi) is 3.98. The van der Waals surface area contributed by atoms with E-state index < -0.39 is 15.8 Å². The number of sulfonamides is 1. The number of rotatable bonds is 3. The van der Waals surface area contributed by atoms with Gasteiger partial charge in [-0.1, -0.05) is 15.9 Å². The first kappa shape index (κ1) is 14.8. The van der Waals surface area contributed by atoms with Crippen LogP contribution in [0.15, 0.2) is 45.8 Å². The van der Waals surface area contributed by atoms with E-state index in [1.54, 1.807) is 6.07 Å². The molecule has 0 saturated carbocycles. The number of hydrogen-bond donors (Lipinski definition) is 3. The standard InChI is InChI=1S/C12H11BrFN3O2S/c13-7-1-4-11(9(14)5-7)17-12-6-8(20(16,18)19)2-3-10(12)15/h1-6,17H,15H2,(H2,16,18,19). The third kappa shape index (κ3) is 3.27. The van der Waals surface area contributed by atoms with Gasteiger partial charge in [0.1, 0.15) is 5.82 Å². The van der Waals surface area contributed by atoms with Gasteiger partial charge in [-0.25, -0.2) is 17.9 Å². The molecule has 0 amide bonds. The zero-order chi connectivity index (χ0) is 14.9. The minimum atomic E-state index is -3.85. The van der Waals surface area contributed by atoms with Crippen LogP contribution in [0.2, 0.25) is 0 Å². The van der Waals surface area contributed by atoms with Crippen LogP contribution in [0.3, 0.4) is 0 Å². The van der Waals surface area contributed by atoms with Crippen molar-refractivity contribution in [1.29, 1.82) is 0 Å². The highest BCUT2D eigenvalue weighted by Crippen LogP contribution is 2.28. The lowest BCUT2D eigenvalue weighted by atomic mass is 10.2. The van der Waals surface area contributed by atoms with E-state index in [0.717, 1.165) is 0 Å². The minimum Gasteiger partial charge on any atom is -0.397 e. The van der Waals surface area contributed by atoms with Crippen molar-refractivity contribution >= 4 is 43.0 Å². The maximum absolute atomic E-state index is 13.7. The van der Waals surface area contributed by atoms with Crippen LogP contribution in [0.5, 0.6) is 0 Å². The van der Waals surface area contributed by atoms with Gasteiger partial charge in [-0.05, 0) is 36.4 Å². The predicted octanol–water partition coefficient (Wildman–Crippen LogP) is 2.56. The largest absolute Gasteiger partial charge is 0.397 e. The van der Waals surface area contributed by atoms with Crippen molar-refractivity contribution in [2.45, 2.75) is 4.90 Å². The maximum atomic E-state index is 13.7. The average molecular weight is 360 g/mol. The Balaban J connectivity index is 2.43. The monoisotopic (exact) mass is 359 g/mol. The molecule has 0 aliphatic carbocycles. The number of hydrogen-bond acceptors (Lipinski definition) is 4. The van der Waals surface area contributed by atoms with E-state index in [2.05, 4.69) is 21.2 Å². The van der Waals surface area contributed by atoms with Gasteiger partial charge in [-0.15, -0.1) is 0 Å². The molecule has 5 nitrogen and oxygen atoms in total. The van der Waals surface area contributed by atoms with Crippen LogP contribution in [-0.2, 0) is 10.0 Å². The van der Waals surface area contributed by atoms with Crippen LogP contribution >= 0.6 is 15.9 Å². The van der Waals surface area contributed by atoms with Crippen LogP contribution in [0.25, 0.3) is 0 Å². The number of primary sulfonamides is 1. The highest BCUT2D eigenvalue weighted by molar-refractivity contribution is 9.10. The smallest absolute Gasteiger partial charge is 0.238 e. The Labute approximate surface area is 124 Å². The lowest BCUT2D eigenvalue weighted by Gasteiger charge is -2.11. The second-order valence-electron chi connectivity index (χ2n) is 4.04. The summed E-state index contributed by atoms with van der Waals surface area (Å²) in [6, 6.07) is 8.36. The van der Waals surface area contributed by atoms with Crippen molar-refractivity contribution in [3.05, 3.63) is 46.7 Å². The van der Waals surface area contributed by atoms with Crippen molar-refractivity contribution in [3.8, 4) is 0 Å². The van der Waals surface area contributed by atoms with E-state index in [0.29, 0.717) is 4.47 Å². The van der Waals surface area contributed by atoms with Gasteiger partial charge in [0.2, 0.25) is 10.0 Å². The Morgan fingerprint density at radius 1 is 1.10 bits per heavy atom. The summed E-state index contributed by atoms with van der Waals surface area (Å²) < 4.78 is 36.9. The second-order valence-corrected chi connectivity index (χ2v) is 6.52. The zero-order valence-electron chi connectivity index (χ0n) is 10.1. The zero-order valence-corrected chi connectivity index (χ0v) is 12.5. The average Bonchev–Trinajstić information content (AvgIpc) is 2.33. The molecule has 8 heteroatoms. The SMILES string of the molecule is Nc1ccc(S(N)(=O)=O)cc1Nc1ccc(Br)cc1F. The molecule has 0 fully saturated rings. The van der Waals surface area contributed by atoms with Crippen molar-refractivity contribution < 1.29 is 12.8 Å². The van der Waals surface area contributed by atoms with Crippen LogP contribution in [0, 0.1) is 5.82 Å². The number of halogens is 2. The van der Waals surface area contributed by atoms with Gasteiger partial charge in [0.05, 0.1) is 22.0 Å². The Morgan fingerprint density at radius 2 is 1.80 bits per heavy atom. The van der Waals surface area contributed by atoms with Crippen molar-refractivity contribution in [2.24, 2.45) is 5.14 Å². The molecule has 0 aliphatic heterocycles. The van der Waals surface area contributed by atoms with Gasteiger partial charge in [-0.2, -0.15) is 0 Å². The van der Waals surface area contributed by atoms with Gasteiger partial charge in [-0.3, -0.25) is 0 Å². The van der Waals surface area contributed by atoms with Crippen LogP contribution in [-0.4, -0.2) is 8.42 Å². The number of anilines is 3. The molecule has 2 aromatic rings. The third-order valence-electron chi connectivity index (χ3n) is 2.55. The summed E-state index contributed by atoms with van der Waals surface area (Å²) >= 11 is 3.15. The van der Waals surface area contributed by atoms with Crippen LogP contribution < -0.4 is 16.2 Å². The fourth-order valence-electron chi connectivity index (χ4n) is 1.56. The van der Waals surface area contributed by atoms with Gasteiger partial charge < -0.3 is 11.1 Å². The second kappa shape index (κ2) is 5.39. The molecule has 20 heavy (non-hydrogen) atoms. The predicted molar refractivity (Wildman–Crippen MR) is 79.6 cm³/mol. The molecular formula is C12H11BrFN3O2S. The van der Waals surface area contributed by atoms with E-state index >= 15 is 0 Å². The van der Waals surface area contributed by atoms with Crippen molar-refractivity contribution in [2.75, 3.05) is 11.1 Å². The van der Waals surface area contributed by atoms with Crippen molar-refractivity contribution in [3.63, 3.8) is 0 Å². The maximum Gasteiger partial charge on any atom is 0.238 e. The summed E-state index contributed by atoms with van der Waals surface area (Å²) in [5, 5.41) is 7.78. The van der Waals surface area contributed by atoms with E-state index in [-0.39, 0.29) is 22.0 Å². The molecule has 0 aromatic heterocycles. The molecule has 0 radical (unpaired) electrons. The molecule has 0 bridgehead atoms. The van der Waals surface area contributed by atoms with Gasteiger partial charge in [0.15, 0.2) is 0 Å². The first-order chi connectivity index (χ1) is 9.27. The molecule has 0 heterocycles. The summed E-state index contributed by atoms with van der Waals surface area (Å²) in [6.07, 6.45) is 0. The first-order valence-electron chi connectivity index (χ1n) is 5.42.